The van der Waals surface area contributed by atoms with Crippen LogP contribution < -0.4 is 34.4 Å². The van der Waals surface area contributed by atoms with Crippen molar-refractivity contribution in [3.63, 3.8) is 0 Å². The predicted molar refractivity (Wildman–Crippen MR) is 96.4 cm³/mol. The predicted octanol–water partition coefficient (Wildman–Crippen LogP) is -0.634. The van der Waals surface area contributed by atoms with Crippen LogP contribution in [-0.4, -0.2) is 39.3 Å². The molecule has 0 saturated carbocycles. The molecule has 0 aliphatic rings. The van der Waals surface area contributed by atoms with E-state index in [0.717, 1.165) is 0 Å². The number of hydrogen-bond acceptors (Lipinski definition) is 6. The van der Waals surface area contributed by atoms with Crippen LogP contribution in [-0.2, 0) is 5.41 Å². The van der Waals surface area contributed by atoms with E-state index in [1.54, 1.807) is 0 Å². The fraction of sp³-hybridized carbons (Fsp3) is 1.00. The molecule has 0 aromatic heterocycles. The van der Waals surface area contributed by atoms with Crippen LogP contribution in [0.15, 0.2) is 0 Å². The number of hydrogen-bond donors (Lipinski definition) is 6. The van der Waals surface area contributed by atoms with E-state index in [-0.39, 0.29) is 5.41 Å². The van der Waals surface area contributed by atoms with Crippen molar-refractivity contribution in [3.05, 3.63) is 0 Å². The van der Waals surface area contributed by atoms with E-state index in [2.05, 4.69) is 59.3 Å². The summed E-state index contributed by atoms with van der Waals surface area (Å²) in [6, 6.07) is 0. The van der Waals surface area contributed by atoms with Crippen molar-refractivity contribution in [3.8, 4) is 0 Å². The van der Waals surface area contributed by atoms with Crippen molar-refractivity contribution >= 4 is 59.3 Å². The summed E-state index contributed by atoms with van der Waals surface area (Å²) in [6.07, 6.45) is 0. The molecule has 0 radical (unpaired) electrons. The first kappa shape index (κ1) is 27.0. The van der Waals surface area contributed by atoms with E-state index >= 15 is 0 Å². The topological polar surface area (TPSA) is 156 Å². The van der Waals surface area contributed by atoms with Crippen molar-refractivity contribution in [2.45, 2.75) is 0 Å². The molecule has 0 unspecified atom stereocenters. The Balaban J connectivity index is -0.0000000600. The van der Waals surface area contributed by atoms with Crippen LogP contribution in [0.2, 0.25) is 0 Å². The van der Waals surface area contributed by atoms with Gasteiger partial charge in [0.25, 0.3) is 0 Å². The normalized spacial score (nSPS) is 8.44. The fourth-order valence-electron chi connectivity index (χ4n) is 0. The van der Waals surface area contributed by atoms with Gasteiger partial charge in [-0.2, -0.15) is 0 Å². The van der Waals surface area contributed by atoms with E-state index in [1.165, 1.54) is 0 Å². The van der Waals surface area contributed by atoms with Crippen LogP contribution in [0.25, 0.3) is 0 Å². The van der Waals surface area contributed by atoms with Crippen LogP contribution in [0.3, 0.4) is 0 Å². The van der Waals surface area contributed by atoms with Crippen molar-refractivity contribution in [2.75, 3.05) is 39.3 Å². The van der Waals surface area contributed by atoms with Crippen LogP contribution in [0.1, 0.15) is 0 Å². The quantitative estimate of drug-likeness (QED) is 0.175. The number of halogens is 3. The Labute approximate surface area is 136 Å². The van der Waals surface area contributed by atoms with E-state index in [0.29, 0.717) is 39.3 Å². The summed E-state index contributed by atoms with van der Waals surface area (Å²) in [7, 11) is 0. The second-order valence-corrected chi connectivity index (χ2v) is 42.1. The monoisotopic (exact) mass is 663 g/mol. The van der Waals surface area contributed by atoms with Gasteiger partial charge in [0.2, 0.25) is 0 Å². The van der Waals surface area contributed by atoms with Gasteiger partial charge in [0, 0.05) is 39.3 Å². The van der Waals surface area contributed by atoms with E-state index in [9.17, 15) is 0 Å². The number of rotatable bonds is 3. The standard InChI is InChI=1S/3C2H8N2.3HI.Ru/c3*3-1-2-4;;;;/h3*1-4H2;3*1H;/q;;;;;;+3/p-3. The van der Waals surface area contributed by atoms with Gasteiger partial charge in [-0.15, -0.1) is 0 Å². The van der Waals surface area contributed by atoms with Gasteiger partial charge in [-0.05, 0) is 0 Å². The van der Waals surface area contributed by atoms with Gasteiger partial charge < -0.3 is 34.4 Å². The Morgan fingerprint density at radius 1 is 0.500 bits per heavy atom. The first-order chi connectivity index (χ1) is 7.47. The van der Waals surface area contributed by atoms with Crippen molar-refractivity contribution in [1.82, 2.24) is 0 Å². The minimum atomic E-state index is -0.260. The maximum atomic E-state index is 4.90. The Kier molecular flexibility index (Phi) is 60.8. The van der Waals surface area contributed by atoms with Crippen LogP contribution in [0.4, 0.5) is 0 Å². The third-order valence-corrected chi connectivity index (χ3v) is 0.500. The average Bonchev–Trinajstić information content (AvgIpc) is 2.28. The SMILES string of the molecule is NCCN.NCCN.NCCN.[I][Ru]([I])[I]. The molecular weight excluding hydrogens is 638 g/mol. The molecule has 107 valence electrons. The molecule has 0 aliphatic carbocycles. The molecule has 0 atom stereocenters. The fourth-order valence-corrected chi connectivity index (χ4v) is 0. The first-order valence-corrected chi connectivity index (χ1v) is 19.9. The van der Waals surface area contributed by atoms with Gasteiger partial charge in [-0.3, -0.25) is 0 Å². The zero-order chi connectivity index (χ0) is 13.8. The summed E-state index contributed by atoms with van der Waals surface area (Å²) in [5.41, 5.74) is 29.4. The molecule has 0 aromatic carbocycles. The van der Waals surface area contributed by atoms with Gasteiger partial charge in [0.05, 0.1) is 0 Å². The summed E-state index contributed by atoms with van der Waals surface area (Å²) in [5.74, 6) is 0. The Bertz CT molecular complexity index is 65.0. The molecule has 0 bridgehead atoms. The number of nitrogens with two attached hydrogens (primary N) is 6. The zero-order valence-electron chi connectivity index (χ0n) is 9.19. The Morgan fingerprint density at radius 3 is 0.562 bits per heavy atom. The van der Waals surface area contributed by atoms with E-state index in [1.807, 2.05) is 0 Å². The third-order valence-electron chi connectivity index (χ3n) is 0.500. The molecule has 0 fully saturated rings. The van der Waals surface area contributed by atoms with Crippen molar-refractivity contribution < 1.29 is 5.41 Å². The molecule has 16 heavy (non-hydrogen) atoms. The second-order valence-electron chi connectivity index (χ2n) is 1.88. The summed E-state index contributed by atoms with van der Waals surface area (Å²) >= 11 is 7.38. The summed E-state index contributed by atoms with van der Waals surface area (Å²) < 4.78 is 0. The molecule has 10 heteroatoms. The molecule has 0 heterocycles. The second kappa shape index (κ2) is 36.0. The molecule has 12 N–H and O–H groups in total. The summed E-state index contributed by atoms with van der Waals surface area (Å²) in [6.45, 7) is 3.58. The molecule has 0 aliphatic heterocycles. The van der Waals surface area contributed by atoms with Crippen LogP contribution in [0, 0.1) is 0 Å². The van der Waals surface area contributed by atoms with Gasteiger partial charge in [0.15, 0.2) is 0 Å². The van der Waals surface area contributed by atoms with E-state index < -0.39 is 0 Å². The van der Waals surface area contributed by atoms with Crippen molar-refractivity contribution in [1.29, 1.82) is 0 Å². The Hall–Kier alpha value is 2.57. The van der Waals surface area contributed by atoms with Gasteiger partial charge >= 0.3 is 64.7 Å². The maximum absolute atomic E-state index is 4.90. The van der Waals surface area contributed by atoms with Gasteiger partial charge in [-0.25, -0.2) is 0 Å². The molecule has 0 aromatic rings. The zero-order valence-corrected chi connectivity index (χ0v) is 17.4. The minimum absolute atomic E-state index is 0.260. The third kappa shape index (κ3) is 129. The van der Waals surface area contributed by atoms with Crippen LogP contribution >= 0.6 is 59.3 Å². The van der Waals surface area contributed by atoms with Gasteiger partial charge in [0.1, 0.15) is 0 Å². The average molecular weight is 662 g/mol. The van der Waals surface area contributed by atoms with Gasteiger partial charge in [-0.1, -0.05) is 0 Å². The van der Waals surface area contributed by atoms with Crippen molar-refractivity contribution in [2.24, 2.45) is 34.4 Å². The summed E-state index contributed by atoms with van der Waals surface area (Å²) in [4.78, 5) is 0. The summed E-state index contributed by atoms with van der Waals surface area (Å²) in [5, 5.41) is -0.260. The molecule has 0 spiro atoms. The molecule has 6 nitrogen and oxygen atoms in total. The molecule has 0 rings (SSSR count). The van der Waals surface area contributed by atoms with E-state index in [4.69, 9.17) is 34.4 Å². The first-order valence-electron chi connectivity index (χ1n) is 4.35. The van der Waals surface area contributed by atoms with Crippen LogP contribution in [0.5, 0.6) is 0 Å². The molecule has 0 amide bonds. The molecule has 0 saturated heterocycles. The molecular formula is C6H24I3N6Ru. The Morgan fingerprint density at radius 2 is 0.562 bits per heavy atom.